The third kappa shape index (κ3) is 16.9. The van der Waals surface area contributed by atoms with Gasteiger partial charge in [0.2, 0.25) is 5.91 Å². The monoisotopic (exact) mass is 504 g/mol. The molecular weight excluding hydrogens is 456 g/mol. The van der Waals surface area contributed by atoms with E-state index in [1.165, 1.54) is 0 Å². The minimum Gasteiger partial charge on any atom is -0.481 e. The molecule has 1 amide bonds. The number of hydrogen-bond donors (Lipinski definition) is 1. The molecule has 0 atom stereocenters. The lowest BCUT2D eigenvalue weighted by molar-refractivity contribution is -0.138. The van der Waals surface area contributed by atoms with Gasteiger partial charge in [0.15, 0.2) is 0 Å². The molecular formula is C25H48N2O8. The Balaban J connectivity index is 2.01. The number of rotatable bonds is 22. The summed E-state index contributed by atoms with van der Waals surface area (Å²) in [7, 11) is 0. The molecule has 35 heavy (non-hydrogen) atoms. The molecule has 1 saturated heterocycles. The van der Waals surface area contributed by atoms with Gasteiger partial charge in [-0.3, -0.25) is 9.59 Å². The molecule has 0 aromatic carbocycles. The lowest BCUT2D eigenvalue weighted by atomic mass is 10.0. The van der Waals surface area contributed by atoms with Gasteiger partial charge in [0, 0.05) is 32.1 Å². The molecule has 0 bridgehead atoms. The number of carboxylic acids is 1. The topological polar surface area (TPSA) is 107 Å². The number of piperidine rings is 1. The van der Waals surface area contributed by atoms with Gasteiger partial charge in [0.25, 0.3) is 0 Å². The molecule has 0 spiro atoms. The Kier molecular flexibility index (Phi) is 18.9. The third-order valence-corrected chi connectivity index (χ3v) is 5.77. The Hall–Kier alpha value is -1.30. The second kappa shape index (κ2) is 20.8. The number of likely N-dealkylation sites (tertiary alicyclic amines) is 1. The van der Waals surface area contributed by atoms with Gasteiger partial charge >= 0.3 is 5.97 Å². The molecule has 0 aromatic rings. The maximum Gasteiger partial charge on any atom is 0.305 e. The smallest absolute Gasteiger partial charge is 0.305 e. The Labute approximate surface area is 211 Å². The van der Waals surface area contributed by atoms with Crippen LogP contribution in [-0.2, 0) is 33.3 Å². The molecule has 1 fully saturated rings. The summed E-state index contributed by atoms with van der Waals surface area (Å²) >= 11 is 0. The van der Waals surface area contributed by atoms with E-state index in [4.69, 9.17) is 28.8 Å². The van der Waals surface area contributed by atoms with E-state index >= 15 is 0 Å². The summed E-state index contributed by atoms with van der Waals surface area (Å²) < 4.78 is 27.2. The first-order chi connectivity index (χ1) is 16.9. The number of aliphatic carboxylic acids is 1. The lowest BCUT2D eigenvalue weighted by Crippen LogP contribution is -2.48. The van der Waals surface area contributed by atoms with Crippen LogP contribution in [0.3, 0.4) is 0 Å². The molecule has 206 valence electrons. The maximum atomic E-state index is 12.8. The fourth-order valence-corrected chi connectivity index (χ4v) is 3.83. The first-order valence-corrected chi connectivity index (χ1v) is 13.1. The zero-order chi connectivity index (χ0) is 25.7. The van der Waals surface area contributed by atoms with Gasteiger partial charge in [0.05, 0.1) is 72.5 Å². The van der Waals surface area contributed by atoms with Crippen LogP contribution < -0.4 is 0 Å². The molecule has 0 unspecified atom stereocenters. The SMILES string of the molecule is CCN1CCC(N(CCOCCOCCOCCOCCOCCC(=O)O)C(=O)CC(C)C)CC1. The second-order valence-corrected chi connectivity index (χ2v) is 9.06. The van der Waals surface area contributed by atoms with Crippen molar-refractivity contribution in [1.82, 2.24) is 9.80 Å². The molecule has 10 nitrogen and oxygen atoms in total. The largest absolute Gasteiger partial charge is 0.481 e. The Bertz CT molecular complexity index is 542. The van der Waals surface area contributed by atoms with Gasteiger partial charge in [-0.15, -0.1) is 0 Å². The van der Waals surface area contributed by atoms with E-state index in [0.717, 1.165) is 32.5 Å². The number of nitrogens with zero attached hydrogens (tertiary/aromatic N) is 2. The summed E-state index contributed by atoms with van der Waals surface area (Å²) in [6.45, 7) is 14.5. The van der Waals surface area contributed by atoms with Gasteiger partial charge in [-0.05, 0) is 25.3 Å². The molecule has 0 aromatic heterocycles. The Morgan fingerprint density at radius 1 is 0.829 bits per heavy atom. The number of hydrogen-bond acceptors (Lipinski definition) is 8. The van der Waals surface area contributed by atoms with E-state index in [1.54, 1.807) is 0 Å². The van der Waals surface area contributed by atoms with E-state index < -0.39 is 5.97 Å². The quantitative estimate of drug-likeness (QED) is 0.221. The van der Waals surface area contributed by atoms with Gasteiger partial charge in [-0.2, -0.15) is 0 Å². The summed E-state index contributed by atoms with van der Waals surface area (Å²) in [5.41, 5.74) is 0. The van der Waals surface area contributed by atoms with E-state index in [0.29, 0.717) is 84.4 Å². The highest BCUT2D eigenvalue weighted by molar-refractivity contribution is 5.76. The van der Waals surface area contributed by atoms with Crippen molar-refractivity contribution < 1.29 is 38.4 Å². The average Bonchev–Trinajstić information content (AvgIpc) is 2.82. The predicted molar refractivity (Wildman–Crippen MR) is 133 cm³/mol. The van der Waals surface area contributed by atoms with E-state index in [-0.39, 0.29) is 18.9 Å². The van der Waals surface area contributed by atoms with Crippen molar-refractivity contribution in [2.24, 2.45) is 5.92 Å². The van der Waals surface area contributed by atoms with E-state index in [1.807, 2.05) is 4.90 Å². The standard InChI is InChI=1S/C25H48N2O8/c1-4-26-8-5-23(6-9-26)27(24(28)21-22(2)3)10-12-32-14-16-34-18-20-35-19-17-33-15-13-31-11-7-25(29)30/h22-23H,4-21H2,1-3H3,(H,29,30). The van der Waals surface area contributed by atoms with Crippen molar-refractivity contribution in [3.05, 3.63) is 0 Å². The first kappa shape index (κ1) is 31.7. The summed E-state index contributed by atoms with van der Waals surface area (Å²) in [6.07, 6.45) is 2.66. The number of carbonyl (C=O) groups is 2. The van der Waals surface area contributed by atoms with Crippen LogP contribution in [-0.4, -0.2) is 125 Å². The zero-order valence-electron chi connectivity index (χ0n) is 22.1. The molecule has 10 heteroatoms. The average molecular weight is 505 g/mol. The number of carboxylic acid groups (broad SMARTS) is 1. The second-order valence-electron chi connectivity index (χ2n) is 9.06. The van der Waals surface area contributed by atoms with Gasteiger partial charge in [0.1, 0.15) is 0 Å². The van der Waals surface area contributed by atoms with Crippen LogP contribution in [0.15, 0.2) is 0 Å². The van der Waals surface area contributed by atoms with Crippen molar-refractivity contribution in [3.63, 3.8) is 0 Å². The van der Waals surface area contributed by atoms with Crippen molar-refractivity contribution in [2.75, 3.05) is 92.2 Å². The summed E-state index contributed by atoms with van der Waals surface area (Å²) in [6, 6.07) is 0.314. The first-order valence-electron chi connectivity index (χ1n) is 13.1. The Morgan fingerprint density at radius 2 is 1.29 bits per heavy atom. The molecule has 1 N–H and O–H groups in total. The van der Waals surface area contributed by atoms with Crippen molar-refractivity contribution in [3.8, 4) is 0 Å². The molecule has 0 aliphatic carbocycles. The summed E-state index contributed by atoms with van der Waals surface area (Å²) in [4.78, 5) is 27.6. The number of amides is 1. The Morgan fingerprint density at radius 3 is 1.71 bits per heavy atom. The summed E-state index contributed by atoms with van der Waals surface area (Å²) in [5, 5.41) is 8.49. The van der Waals surface area contributed by atoms with Gasteiger partial charge in [-0.25, -0.2) is 0 Å². The van der Waals surface area contributed by atoms with Crippen molar-refractivity contribution >= 4 is 11.9 Å². The van der Waals surface area contributed by atoms with Crippen LogP contribution in [0.4, 0.5) is 0 Å². The zero-order valence-corrected chi connectivity index (χ0v) is 22.1. The molecule has 1 aliphatic heterocycles. The number of carbonyl (C=O) groups excluding carboxylic acids is 1. The normalized spacial score (nSPS) is 15.1. The van der Waals surface area contributed by atoms with E-state index in [2.05, 4.69) is 25.7 Å². The van der Waals surface area contributed by atoms with Crippen LogP contribution in [0.2, 0.25) is 0 Å². The highest BCUT2D eigenvalue weighted by atomic mass is 16.6. The fourth-order valence-electron chi connectivity index (χ4n) is 3.83. The van der Waals surface area contributed by atoms with Crippen molar-refractivity contribution in [1.29, 1.82) is 0 Å². The van der Waals surface area contributed by atoms with Crippen LogP contribution in [0.1, 0.15) is 46.5 Å². The molecule has 0 radical (unpaired) electrons. The van der Waals surface area contributed by atoms with Gasteiger partial charge in [-0.1, -0.05) is 20.8 Å². The minimum absolute atomic E-state index is 0.00309. The highest BCUT2D eigenvalue weighted by Gasteiger charge is 2.27. The lowest BCUT2D eigenvalue weighted by Gasteiger charge is -2.38. The predicted octanol–water partition coefficient (Wildman–Crippen LogP) is 1.90. The molecule has 1 heterocycles. The minimum atomic E-state index is -0.869. The van der Waals surface area contributed by atoms with E-state index in [9.17, 15) is 9.59 Å². The molecule has 1 rings (SSSR count). The maximum absolute atomic E-state index is 12.8. The van der Waals surface area contributed by atoms with Crippen LogP contribution in [0, 0.1) is 5.92 Å². The van der Waals surface area contributed by atoms with Gasteiger partial charge < -0.3 is 38.6 Å². The van der Waals surface area contributed by atoms with Crippen molar-refractivity contribution in [2.45, 2.75) is 52.5 Å². The highest BCUT2D eigenvalue weighted by Crippen LogP contribution is 2.18. The molecule has 0 saturated carbocycles. The van der Waals surface area contributed by atoms with Crippen LogP contribution >= 0.6 is 0 Å². The summed E-state index contributed by atoms with van der Waals surface area (Å²) in [5.74, 6) is -0.276. The third-order valence-electron chi connectivity index (χ3n) is 5.77. The molecule has 1 aliphatic rings. The van der Waals surface area contributed by atoms with Crippen LogP contribution in [0.25, 0.3) is 0 Å². The fraction of sp³-hybridized carbons (Fsp3) is 0.920. The number of ether oxygens (including phenoxy) is 5. The van der Waals surface area contributed by atoms with Crippen LogP contribution in [0.5, 0.6) is 0 Å².